The Bertz CT molecular complexity index is 545. The zero-order chi connectivity index (χ0) is 16.5. The summed E-state index contributed by atoms with van der Waals surface area (Å²) in [5.41, 5.74) is 2.79. The third kappa shape index (κ3) is 2.98. The Morgan fingerprint density at radius 2 is 1.50 bits per heavy atom. The molecule has 2 nitrogen and oxygen atoms in total. The molecular formula is C22H33NO. The van der Waals surface area contributed by atoms with Gasteiger partial charge in [-0.05, 0) is 57.1 Å². The maximum Gasteiger partial charge on any atom is 0.133 e. The molecular weight excluding hydrogens is 294 g/mol. The Morgan fingerprint density at radius 3 is 2.21 bits per heavy atom. The summed E-state index contributed by atoms with van der Waals surface area (Å²) < 4.78 is 6.85. The molecule has 3 aliphatic rings. The van der Waals surface area contributed by atoms with E-state index in [0.717, 1.165) is 5.92 Å². The van der Waals surface area contributed by atoms with Gasteiger partial charge >= 0.3 is 0 Å². The lowest BCUT2D eigenvalue weighted by atomic mass is 9.87. The number of rotatable bonds is 3. The van der Waals surface area contributed by atoms with Crippen LogP contribution in [0.15, 0.2) is 24.3 Å². The second-order valence-corrected chi connectivity index (χ2v) is 8.37. The number of hydrogen-bond donors (Lipinski definition) is 0. The van der Waals surface area contributed by atoms with Crippen LogP contribution in [-0.2, 0) is 4.74 Å². The molecule has 132 valence electrons. The lowest BCUT2D eigenvalue weighted by Crippen LogP contribution is -2.42. The molecule has 0 amide bonds. The zero-order valence-electron chi connectivity index (χ0n) is 15.4. The van der Waals surface area contributed by atoms with Gasteiger partial charge in [0.05, 0.1) is 12.1 Å². The average molecular weight is 328 g/mol. The molecule has 1 aromatic rings. The second kappa shape index (κ2) is 7.07. The standard InChI is InChI=1S/C22H33NO/c1-16-10-6-9-15-20(16)23-17(2)21(18-11-7-8-12-18)24-22(23)19-13-4-3-5-14-19/h6,9-10,15,17-19,21-22H,3-5,7-8,11-14H2,1-2H3/t17-,21?,22?/m0/s1. The van der Waals surface area contributed by atoms with Gasteiger partial charge in [0.25, 0.3) is 0 Å². The fourth-order valence-corrected chi connectivity index (χ4v) is 5.49. The van der Waals surface area contributed by atoms with Crippen LogP contribution in [0.25, 0.3) is 0 Å². The summed E-state index contributed by atoms with van der Waals surface area (Å²) in [5.74, 6) is 1.49. The SMILES string of the molecule is Cc1ccccc1N1C(C2CCCCC2)OC(C2CCCC2)[C@@H]1C. The van der Waals surface area contributed by atoms with Crippen LogP contribution in [0.2, 0.25) is 0 Å². The van der Waals surface area contributed by atoms with E-state index in [-0.39, 0.29) is 0 Å². The Morgan fingerprint density at radius 1 is 0.875 bits per heavy atom. The minimum Gasteiger partial charge on any atom is -0.352 e. The summed E-state index contributed by atoms with van der Waals surface area (Å²) >= 11 is 0. The number of anilines is 1. The molecule has 1 heterocycles. The van der Waals surface area contributed by atoms with Crippen molar-refractivity contribution in [1.29, 1.82) is 0 Å². The maximum atomic E-state index is 6.85. The molecule has 1 aliphatic heterocycles. The molecule has 2 saturated carbocycles. The van der Waals surface area contributed by atoms with Gasteiger partial charge < -0.3 is 9.64 Å². The molecule has 0 bridgehead atoms. The highest BCUT2D eigenvalue weighted by Gasteiger charge is 2.46. The van der Waals surface area contributed by atoms with Gasteiger partial charge in [-0.15, -0.1) is 0 Å². The van der Waals surface area contributed by atoms with Gasteiger partial charge in [-0.2, -0.15) is 0 Å². The zero-order valence-corrected chi connectivity index (χ0v) is 15.4. The van der Waals surface area contributed by atoms with E-state index < -0.39 is 0 Å². The van der Waals surface area contributed by atoms with Gasteiger partial charge in [0.15, 0.2) is 0 Å². The van der Waals surface area contributed by atoms with Gasteiger partial charge in [-0.25, -0.2) is 0 Å². The van der Waals surface area contributed by atoms with Gasteiger partial charge in [0.1, 0.15) is 6.23 Å². The molecule has 2 aliphatic carbocycles. The van der Waals surface area contributed by atoms with Crippen molar-refractivity contribution in [3.63, 3.8) is 0 Å². The average Bonchev–Trinajstić information content (AvgIpc) is 3.24. The molecule has 1 aromatic carbocycles. The van der Waals surface area contributed by atoms with Crippen molar-refractivity contribution < 1.29 is 4.74 Å². The van der Waals surface area contributed by atoms with Crippen LogP contribution >= 0.6 is 0 Å². The van der Waals surface area contributed by atoms with E-state index in [9.17, 15) is 0 Å². The van der Waals surface area contributed by atoms with E-state index in [0.29, 0.717) is 24.3 Å². The monoisotopic (exact) mass is 327 g/mol. The van der Waals surface area contributed by atoms with Crippen molar-refractivity contribution in [2.75, 3.05) is 4.90 Å². The third-order valence-corrected chi connectivity index (χ3v) is 6.80. The van der Waals surface area contributed by atoms with E-state index in [1.807, 2.05) is 0 Å². The predicted octanol–water partition coefficient (Wildman–Crippen LogP) is 5.69. The summed E-state index contributed by atoms with van der Waals surface area (Å²) in [6.45, 7) is 4.67. The molecule has 24 heavy (non-hydrogen) atoms. The number of aryl methyl sites for hydroxylation is 1. The molecule has 3 atom stereocenters. The maximum absolute atomic E-state index is 6.85. The highest BCUT2D eigenvalue weighted by Crippen LogP contribution is 2.44. The molecule has 2 heteroatoms. The van der Waals surface area contributed by atoms with Gasteiger partial charge in [0.2, 0.25) is 0 Å². The van der Waals surface area contributed by atoms with Crippen LogP contribution in [0.1, 0.15) is 70.3 Å². The molecule has 0 spiro atoms. The van der Waals surface area contributed by atoms with Crippen molar-refractivity contribution in [2.24, 2.45) is 11.8 Å². The number of benzene rings is 1. The summed E-state index contributed by atoms with van der Waals surface area (Å²) in [6, 6.07) is 9.41. The van der Waals surface area contributed by atoms with Crippen LogP contribution in [0.5, 0.6) is 0 Å². The van der Waals surface area contributed by atoms with Crippen LogP contribution in [0.3, 0.4) is 0 Å². The van der Waals surface area contributed by atoms with Gasteiger partial charge in [-0.1, -0.05) is 50.3 Å². The summed E-state index contributed by atoms with van der Waals surface area (Å²) in [6.07, 6.45) is 13.1. The Labute approximate surface area is 147 Å². The first-order chi connectivity index (χ1) is 11.8. The van der Waals surface area contributed by atoms with Crippen LogP contribution in [0.4, 0.5) is 5.69 Å². The van der Waals surface area contributed by atoms with E-state index in [1.54, 1.807) is 0 Å². The minimum atomic E-state index is 0.298. The summed E-state index contributed by atoms with van der Waals surface area (Å²) in [4.78, 5) is 2.66. The molecule has 0 N–H and O–H groups in total. The lowest BCUT2D eigenvalue weighted by molar-refractivity contribution is -0.0249. The molecule has 1 saturated heterocycles. The molecule has 2 unspecified atom stereocenters. The number of nitrogens with zero attached hydrogens (tertiary/aromatic N) is 1. The highest BCUT2D eigenvalue weighted by atomic mass is 16.5. The predicted molar refractivity (Wildman–Crippen MR) is 100 cm³/mol. The van der Waals surface area contributed by atoms with E-state index >= 15 is 0 Å². The molecule has 0 radical (unpaired) electrons. The Balaban J connectivity index is 1.64. The molecule has 3 fully saturated rings. The highest BCUT2D eigenvalue weighted by molar-refractivity contribution is 5.55. The fourth-order valence-electron chi connectivity index (χ4n) is 5.49. The van der Waals surface area contributed by atoms with Crippen molar-refractivity contribution in [1.82, 2.24) is 0 Å². The third-order valence-electron chi connectivity index (χ3n) is 6.80. The largest absolute Gasteiger partial charge is 0.352 e. The van der Waals surface area contributed by atoms with Crippen molar-refractivity contribution in [3.05, 3.63) is 29.8 Å². The Kier molecular flexibility index (Phi) is 4.85. The molecule has 4 rings (SSSR count). The van der Waals surface area contributed by atoms with E-state index in [4.69, 9.17) is 4.74 Å². The fraction of sp³-hybridized carbons (Fsp3) is 0.727. The minimum absolute atomic E-state index is 0.298. The van der Waals surface area contributed by atoms with Crippen molar-refractivity contribution in [3.8, 4) is 0 Å². The number of para-hydroxylation sites is 1. The first kappa shape index (κ1) is 16.4. The summed E-state index contributed by atoms with van der Waals surface area (Å²) in [7, 11) is 0. The number of ether oxygens (including phenoxy) is 1. The van der Waals surface area contributed by atoms with E-state index in [1.165, 1.54) is 69.0 Å². The Hall–Kier alpha value is -1.02. The first-order valence-electron chi connectivity index (χ1n) is 10.2. The smallest absolute Gasteiger partial charge is 0.133 e. The second-order valence-electron chi connectivity index (χ2n) is 8.37. The first-order valence-corrected chi connectivity index (χ1v) is 10.2. The van der Waals surface area contributed by atoms with Crippen LogP contribution < -0.4 is 4.90 Å². The van der Waals surface area contributed by atoms with E-state index in [2.05, 4.69) is 43.0 Å². The van der Waals surface area contributed by atoms with Gasteiger partial charge in [-0.3, -0.25) is 0 Å². The normalized spacial score (nSPS) is 32.6. The quantitative estimate of drug-likeness (QED) is 0.707. The van der Waals surface area contributed by atoms with Crippen molar-refractivity contribution in [2.45, 2.75) is 90.0 Å². The molecule has 0 aromatic heterocycles. The van der Waals surface area contributed by atoms with Crippen LogP contribution in [-0.4, -0.2) is 18.4 Å². The topological polar surface area (TPSA) is 12.5 Å². The van der Waals surface area contributed by atoms with Gasteiger partial charge in [0, 0.05) is 11.6 Å². The van der Waals surface area contributed by atoms with Crippen molar-refractivity contribution >= 4 is 5.69 Å². The summed E-state index contributed by atoms with van der Waals surface area (Å²) in [5, 5.41) is 0. The van der Waals surface area contributed by atoms with Crippen LogP contribution in [0, 0.1) is 18.8 Å². The lowest BCUT2D eigenvalue weighted by Gasteiger charge is -2.36. The number of hydrogen-bond acceptors (Lipinski definition) is 2.